The maximum atomic E-state index is 11.9. The summed E-state index contributed by atoms with van der Waals surface area (Å²) in [7, 11) is 2.01. The summed E-state index contributed by atoms with van der Waals surface area (Å²) in [5, 5.41) is 2.85. The zero-order valence-electron chi connectivity index (χ0n) is 12.3. The van der Waals surface area contributed by atoms with Crippen LogP contribution in [0.15, 0.2) is 29.8 Å². The van der Waals surface area contributed by atoms with Crippen LogP contribution in [0.5, 0.6) is 0 Å². The molecule has 0 aliphatic rings. The monoisotopic (exact) mass is 304 g/mol. The van der Waals surface area contributed by atoms with Crippen molar-refractivity contribution in [1.82, 2.24) is 9.88 Å². The van der Waals surface area contributed by atoms with Gasteiger partial charge in [-0.1, -0.05) is 6.07 Å². The van der Waals surface area contributed by atoms with E-state index >= 15 is 0 Å². The number of nitrogens with zero attached hydrogens (tertiary/aromatic N) is 2. The predicted molar refractivity (Wildman–Crippen MR) is 87.3 cm³/mol. The summed E-state index contributed by atoms with van der Waals surface area (Å²) < 4.78 is 0. The number of nitrogen functional groups attached to an aromatic ring is 1. The minimum absolute atomic E-state index is 0.00604. The van der Waals surface area contributed by atoms with Gasteiger partial charge in [0.1, 0.15) is 0 Å². The van der Waals surface area contributed by atoms with Gasteiger partial charge in [-0.15, -0.1) is 11.3 Å². The zero-order chi connectivity index (χ0) is 15.2. The highest BCUT2D eigenvalue weighted by molar-refractivity contribution is 7.09. The molecule has 0 saturated heterocycles. The average molecular weight is 304 g/mol. The molecule has 6 heteroatoms. The molecule has 1 amide bonds. The Morgan fingerprint density at radius 3 is 2.95 bits per heavy atom. The van der Waals surface area contributed by atoms with Gasteiger partial charge in [0.2, 0.25) is 5.91 Å². The molecule has 5 nitrogen and oxygen atoms in total. The fourth-order valence-electron chi connectivity index (χ4n) is 1.93. The van der Waals surface area contributed by atoms with Crippen LogP contribution in [0, 0.1) is 6.92 Å². The number of benzene rings is 1. The largest absolute Gasteiger partial charge is 0.399 e. The first-order valence-electron chi connectivity index (χ1n) is 6.77. The van der Waals surface area contributed by atoms with Gasteiger partial charge in [-0.3, -0.25) is 4.79 Å². The molecule has 0 fully saturated rings. The molecule has 1 heterocycles. The predicted octanol–water partition coefficient (Wildman–Crippen LogP) is 2.49. The van der Waals surface area contributed by atoms with Crippen LogP contribution in [-0.4, -0.2) is 29.4 Å². The number of nitrogens with two attached hydrogens (primary N) is 1. The lowest BCUT2D eigenvalue weighted by atomic mass is 10.2. The number of aryl methyl sites for hydroxylation is 1. The summed E-state index contributed by atoms with van der Waals surface area (Å²) in [5.74, 6) is -0.00604. The molecule has 0 atom stereocenters. The van der Waals surface area contributed by atoms with Crippen LogP contribution in [0.2, 0.25) is 0 Å². The van der Waals surface area contributed by atoms with Crippen LogP contribution in [0.4, 0.5) is 11.4 Å². The Kier molecular flexibility index (Phi) is 5.30. The average Bonchev–Trinajstić information content (AvgIpc) is 2.82. The van der Waals surface area contributed by atoms with Crippen molar-refractivity contribution in [2.24, 2.45) is 0 Å². The van der Waals surface area contributed by atoms with E-state index in [1.807, 2.05) is 31.6 Å². The van der Waals surface area contributed by atoms with Crippen molar-refractivity contribution in [2.75, 3.05) is 24.6 Å². The standard InChI is InChI=1S/C15H20N4OS/c1-11-14(21-10-17-11)9-19(2)7-6-15(20)18-13-5-3-4-12(16)8-13/h3-5,8,10H,6-7,9,16H2,1-2H3,(H,18,20). The van der Waals surface area contributed by atoms with E-state index in [-0.39, 0.29) is 5.91 Å². The molecule has 2 rings (SSSR count). The summed E-state index contributed by atoms with van der Waals surface area (Å²) in [6.45, 7) is 3.53. The quantitative estimate of drug-likeness (QED) is 0.804. The summed E-state index contributed by atoms with van der Waals surface area (Å²) in [6.07, 6.45) is 0.448. The minimum atomic E-state index is -0.00604. The molecule has 2 aromatic rings. The first-order valence-corrected chi connectivity index (χ1v) is 7.65. The van der Waals surface area contributed by atoms with Crippen LogP contribution in [0.1, 0.15) is 17.0 Å². The molecule has 0 aliphatic carbocycles. The van der Waals surface area contributed by atoms with E-state index in [0.29, 0.717) is 18.7 Å². The lowest BCUT2D eigenvalue weighted by Gasteiger charge is -2.15. The van der Waals surface area contributed by atoms with E-state index in [0.717, 1.165) is 17.9 Å². The van der Waals surface area contributed by atoms with E-state index in [1.165, 1.54) is 4.88 Å². The number of aromatic nitrogens is 1. The van der Waals surface area contributed by atoms with E-state index in [2.05, 4.69) is 15.2 Å². The Labute approximate surface area is 128 Å². The molecule has 0 aliphatic heterocycles. The van der Waals surface area contributed by atoms with Gasteiger partial charge in [0.05, 0.1) is 11.2 Å². The summed E-state index contributed by atoms with van der Waals surface area (Å²) >= 11 is 1.65. The summed E-state index contributed by atoms with van der Waals surface area (Å²) in [5.41, 5.74) is 9.98. The lowest BCUT2D eigenvalue weighted by molar-refractivity contribution is -0.116. The number of carbonyl (C=O) groups is 1. The Balaban J connectivity index is 1.77. The molecule has 0 spiro atoms. The van der Waals surface area contributed by atoms with Gasteiger partial charge < -0.3 is 16.0 Å². The molecule has 0 bridgehead atoms. The van der Waals surface area contributed by atoms with Gasteiger partial charge in [-0.05, 0) is 32.2 Å². The summed E-state index contributed by atoms with van der Waals surface area (Å²) in [4.78, 5) is 19.5. The Morgan fingerprint density at radius 1 is 1.48 bits per heavy atom. The van der Waals surface area contributed by atoms with Crippen LogP contribution in [-0.2, 0) is 11.3 Å². The van der Waals surface area contributed by atoms with Crippen molar-refractivity contribution >= 4 is 28.6 Å². The zero-order valence-corrected chi connectivity index (χ0v) is 13.1. The molecule has 0 radical (unpaired) electrons. The molecule has 3 N–H and O–H groups in total. The minimum Gasteiger partial charge on any atom is -0.399 e. The Hall–Kier alpha value is -1.92. The Bertz CT molecular complexity index is 611. The highest BCUT2D eigenvalue weighted by Gasteiger charge is 2.08. The van der Waals surface area contributed by atoms with E-state index in [4.69, 9.17) is 5.73 Å². The van der Waals surface area contributed by atoms with Gasteiger partial charge in [0, 0.05) is 35.8 Å². The highest BCUT2D eigenvalue weighted by Crippen LogP contribution is 2.15. The number of rotatable bonds is 6. The first kappa shape index (κ1) is 15.5. The lowest BCUT2D eigenvalue weighted by Crippen LogP contribution is -2.24. The first-order chi connectivity index (χ1) is 10.0. The number of carbonyl (C=O) groups excluding carboxylic acids is 1. The second-order valence-electron chi connectivity index (χ2n) is 5.02. The molecule has 1 aromatic heterocycles. The number of amides is 1. The molecule has 1 aromatic carbocycles. The van der Waals surface area contributed by atoms with Crippen LogP contribution in [0.25, 0.3) is 0 Å². The van der Waals surface area contributed by atoms with Crippen molar-refractivity contribution in [3.63, 3.8) is 0 Å². The van der Waals surface area contributed by atoms with E-state index in [9.17, 15) is 4.79 Å². The van der Waals surface area contributed by atoms with Crippen LogP contribution < -0.4 is 11.1 Å². The second-order valence-corrected chi connectivity index (χ2v) is 5.96. The number of hydrogen-bond donors (Lipinski definition) is 2. The van der Waals surface area contributed by atoms with Crippen molar-refractivity contribution in [3.8, 4) is 0 Å². The Morgan fingerprint density at radius 2 is 2.29 bits per heavy atom. The molecular weight excluding hydrogens is 284 g/mol. The van der Waals surface area contributed by atoms with Gasteiger partial charge in [0.15, 0.2) is 0 Å². The van der Waals surface area contributed by atoms with Crippen molar-refractivity contribution in [2.45, 2.75) is 19.9 Å². The van der Waals surface area contributed by atoms with Crippen molar-refractivity contribution in [1.29, 1.82) is 0 Å². The second kappa shape index (κ2) is 7.19. The van der Waals surface area contributed by atoms with Crippen LogP contribution in [0.3, 0.4) is 0 Å². The van der Waals surface area contributed by atoms with Crippen LogP contribution >= 0.6 is 11.3 Å². The van der Waals surface area contributed by atoms with E-state index in [1.54, 1.807) is 23.5 Å². The number of thiazole rings is 1. The summed E-state index contributed by atoms with van der Waals surface area (Å²) in [6, 6.07) is 7.20. The smallest absolute Gasteiger partial charge is 0.225 e. The molecule has 21 heavy (non-hydrogen) atoms. The highest BCUT2D eigenvalue weighted by atomic mass is 32.1. The fourth-order valence-corrected chi connectivity index (χ4v) is 2.79. The topological polar surface area (TPSA) is 71.2 Å². The maximum absolute atomic E-state index is 11.9. The molecular formula is C15H20N4OS. The molecule has 112 valence electrons. The number of nitrogens with one attached hydrogen (secondary N) is 1. The number of hydrogen-bond acceptors (Lipinski definition) is 5. The van der Waals surface area contributed by atoms with Gasteiger partial charge >= 0.3 is 0 Å². The fraction of sp³-hybridized carbons (Fsp3) is 0.333. The van der Waals surface area contributed by atoms with Gasteiger partial charge in [-0.2, -0.15) is 0 Å². The maximum Gasteiger partial charge on any atom is 0.225 e. The molecule has 0 unspecified atom stereocenters. The van der Waals surface area contributed by atoms with Crippen molar-refractivity contribution < 1.29 is 4.79 Å². The third-order valence-corrected chi connectivity index (χ3v) is 4.07. The molecule has 0 saturated carbocycles. The van der Waals surface area contributed by atoms with Gasteiger partial charge in [-0.25, -0.2) is 4.98 Å². The third-order valence-electron chi connectivity index (χ3n) is 3.15. The normalized spacial score (nSPS) is 10.8. The third kappa shape index (κ3) is 4.84. The van der Waals surface area contributed by atoms with E-state index < -0.39 is 0 Å². The SMILES string of the molecule is Cc1ncsc1CN(C)CCC(=O)Nc1cccc(N)c1. The van der Waals surface area contributed by atoms with Gasteiger partial charge in [0.25, 0.3) is 0 Å². The number of anilines is 2. The van der Waals surface area contributed by atoms with Crippen molar-refractivity contribution in [3.05, 3.63) is 40.3 Å².